The van der Waals surface area contributed by atoms with Crippen LogP contribution >= 0.6 is 0 Å². The van der Waals surface area contributed by atoms with Crippen LogP contribution in [0.2, 0.25) is 0 Å². The van der Waals surface area contributed by atoms with Crippen LogP contribution in [0.15, 0.2) is 54.6 Å². The average molecular weight is 373 g/mol. The molecule has 3 rings (SSSR count). The van der Waals surface area contributed by atoms with Crippen molar-refractivity contribution in [2.45, 2.75) is 59.3 Å². The van der Waals surface area contributed by atoms with E-state index in [4.69, 9.17) is 0 Å². The number of aromatic nitrogens is 1. The summed E-state index contributed by atoms with van der Waals surface area (Å²) in [5.41, 5.74) is 7.92. The first-order valence-corrected chi connectivity index (χ1v) is 10.4. The molecule has 0 radical (unpaired) electrons. The first-order chi connectivity index (χ1) is 13.3. The molecule has 2 aromatic carbocycles. The second-order valence-electron chi connectivity index (χ2n) is 8.67. The molecule has 2 N–H and O–H groups in total. The van der Waals surface area contributed by atoms with E-state index in [9.17, 15) is 5.02 Å². The van der Waals surface area contributed by atoms with Crippen LogP contribution in [0.5, 0.6) is 0 Å². The Morgan fingerprint density at radius 3 is 1.82 bits per heavy atom. The molecule has 28 heavy (non-hydrogen) atoms. The van der Waals surface area contributed by atoms with E-state index in [2.05, 4.69) is 76.9 Å². The van der Waals surface area contributed by atoms with E-state index in [1.807, 2.05) is 24.3 Å². The van der Waals surface area contributed by atoms with Crippen molar-refractivity contribution in [1.82, 2.24) is 4.98 Å². The fourth-order valence-electron chi connectivity index (χ4n) is 3.84. The van der Waals surface area contributed by atoms with Gasteiger partial charge in [0.15, 0.2) is 0 Å². The number of hydrogen-bond acceptors (Lipinski definition) is 1. The average Bonchev–Trinajstić information content (AvgIpc) is 3.17. The summed E-state index contributed by atoms with van der Waals surface area (Å²) in [6, 6.07) is 18.9. The SMILES string of the molecule is CC(C)c1cc(C(C)C)c(B(O)c2ccc(-c3ccccc3)[nH]2)c(C(C)C)c1. The van der Waals surface area contributed by atoms with Gasteiger partial charge in [0, 0.05) is 11.3 Å². The Balaban J connectivity index is 2.10. The minimum atomic E-state index is -0.659. The third-order valence-corrected chi connectivity index (χ3v) is 5.54. The molecule has 0 amide bonds. The van der Waals surface area contributed by atoms with Crippen molar-refractivity contribution in [3.8, 4) is 11.3 Å². The maximum absolute atomic E-state index is 11.4. The van der Waals surface area contributed by atoms with Gasteiger partial charge in [0.1, 0.15) is 0 Å². The van der Waals surface area contributed by atoms with Gasteiger partial charge < -0.3 is 10.0 Å². The zero-order valence-corrected chi connectivity index (χ0v) is 18.0. The maximum Gasteiger partial charge on any atom is 0.376 e. The summed E-state index contributed by atoms with van der Waals surface area (Å²) < 4.78 is 0. The smallest absolute Gasteiger partial charge is 0.376 e. The Labute approximate surface area is 170 Å². The largest absolute Gasteiger partial charge is 0.442 e. The Morgan fingerprint density at radius 1 is 0.750 bits per heavy atom. The fraction of sp³-hybridized carbons (Fsp3) is 0.360. The van der Waals surface area contributed by atoms with Crippen LogP contribution in [0.4, 0.5) is 0 Å². The van der Waals surface area contributed by atoms with Gasteiger partial charge >= 0.3 is 6.92 Å². The van der Waals surface area contributed by atoms with Crippen molar-refractivity contribution in [2.24, 2.45) is 0 Å². The van der Waals surface area contributed by atoms with Crippen LogP contribution in [-0.2, 0) is 0 Å². The lowest BCUT2D eigenvalue weighted by Gasteiger charge is -2.24. The van der Waals surface area contributed by atoms with Crippen LogP contribution in [0.1, 0.15) is 76.0 Å². The van der Waals surface area contributed by atoms with Crippen molar-refractivity contribution in [2.75, 3.05) is 0 Å². The molecule has 1 heterocycles. The molecule has 146 valence electrons. The molecule has 0 spiro atoms. The highest BCUT2D eigenvalue weighted by Crippen LogP contribution is 2.26. The van der Waals surface area contributed by atoms with Gasteiger partial charge in [0.05, 0.1) is 0 Å². The molecule has 0 aliphatic carbocycles. The zero-order valence-electron chi connectivity index (χ0n) is 18.0. The normalized spacial score (nSPS) is 11.6. The second kappa shape index (κ2) is 8.40. The number of rotatable bonds is 6. The third kappa shape index (κ3) is 4.10. The molecule has 0 aliphatic heterocycles. The van der Waals surface area contributed by atoms with Gasteiger partial charge in [-0.15, -0.1) is 0 Å². The van der Waals surface area contributed by atoms with Gasteiger partial charge in [0.2, 0.25) is 0 Å². The Morgan fingerprint density at radius 2 is 1.32 bits per heavy atom. The lowest BCUT2D eigenvalue weighted by Crippen LogP contribution is -2.47. The molecule has 0 bridgehead atoms. The molecule has 2 nitrogen and oxygen atoms in total. The molecule has 0 unspecified atom stereocenters. The highest BCUT2D eigenvalue weighted by atomic mass is 16.2. The molecule has 3 heteroatoms. The number of nitrogens with one attached hydrogen (secondary N) is 1. The van der Waals surface area contributed by atoms with Crippen molar-refractivity contribution >= 4 is 18.0 Å². The lowest BCUT2D eigenvalue weighted by atomic mass is 9.54. The topological polar surface area (TPSA) is 36.0 Å². The Hall–Kier alpha value is -2.26. The Kier molecular flexibility index (Phi) is 6.15. The van der Waals surface area contributed by atoms with Crippen LogP contribution in [0.25, 0.3) is 11.3 Å². The van der Waals surface area contributed by atoms with Crippen molar-refractivity contribution in [1.29, 1.82) is 0 Å². The summed E-state index contributed by atoms with van der Waals surface area (Å²) in [5, 5.41) is 11.4. The van der Waals surface area contributed by atoms with Gasteiger partial charge in [-0.05, 0) is 57.6 Å². The van der Waals surface area contributed by atoms with E-state index in [-0.39, 0.29) is 0 Å². The fourth-order valence-corrected chi connectivity index (χ4v) is 3.84. The standard InChI is InChI=1S/C25H32BNO/c1-16(2)20-14-21(17(3)4)25(22(15-20)18(5)6)26(28)24-13-12-23(27-24)19-10-8-7-9-11-19/h7-18,27-28H,1-6H3. The summed E-state index contributed by atoms with van der Waals surface area (Å²) in [7, 11) is 0. The predicted molar refractivity (Wildman–Crippen MR) is 122 cm³/mol. The molecule has 0 saturated carbocycles. The molecule has 3 aromatic rings. The van der Waals surface area contributed by atoms with Crippen LogP contribution in [-0.4, -0.2) is 16.9 Å². The first kappa shape index (κ1) is 20.5. The monoisotopic (exact) mass is 373 g/mol. The van der Waals surface area contributed by atoms with E-state index in [1.54, 1.807) is 0 Å². The minimum absolute atomic E-state index is 0.351. The van der Waals surface area contributed by atoms with Crippen molar-refractivity contribution in [3.05, 3.63) is 71.3 Å². The number of H-pyrrole nitrogens is 1. The van der Waals surface area contributed by atoms with Gasteiger partial charge in [0.25, 0.3) is 0 Å². The zero-order chi connectivity index (χ0) is 20.4. The van der Waals surface area contributed by atoms with Gasteiger partial charge in [-0.3, -0.25) is 0 Å². The van der Waals surface area contributed by atoms with E-state index in [0.29, 0.717) is 17.8 Å². The number of benzene rings is 2. The first-order valence-electron chi connectivity index (χ1n) is 10.4. The summed E-state index contributed by atoms with van der Waals surface area (Å²) in [5.74, 6) is 1.17. The third-order valence-electron chi connectivity index (χ3n) is 5.54. The summed E-state index contributed by atoms with van der Waals surface area (Å²) >= 11 is 0. The molecular weight excluding hydrogens is 341 g/mol. The van der Waals surface area contributed by atoms with E-state index in [0.717, 1.165) is 22.3 Å². The van der Waals surface area contributed by atoms with Crippen molar-refractivity contribution < 1.29 is 5.02 Å². The minimum Gasteiger partial charge on any atom is -0.442 e. The molecule has 0 atom stereocenters. The van der Waals surface area contributed by atoms with E-state index < -0.39 is 6.92 Å². The highest BCUT2D eigenvalue weighted by Gasteiger charge is 2.28. The predicted octanol–water partition coefficient (Wildman–Crippen LogP) is 5.15. The van der Waals surface area contributed by atoms with Gasteiger partial charge in [-0.2, -0.15) is 0 Å². The molecule has 0 aliphatic rings. The Bertz CT molecular complexity index is 896. The summed E-state index contributed by atoms with van der Waals surface area (Å²) in [6.07, 6.45) is 0. The molecule has 0 saturated heterocycles. The van der Waals surface area contributed by atoms with Crippen molar-refractivity contribution in [3.63, 3.8) is 0 Å². The number of aromatic amines is 1. The van der Waals surface area contributed by atoms with Crippen LogP contribution < -0.4 is 11.1 Å². The molecule has 0 fully saturated rings. The van der Waals surface area contributed by atoms with E-state index in [1.165, 1.54) is 16.7 Å². The highest BCUT2D eigenvalue weighted by molar-refractivity contribution is 6.79. The quantitative estimate of drug-likeness (QED) is 0.576. The van der Waals surface area contributed by atoms with Gasteiger partial charge in [-0.1, -0.05) is 84.0 Å². The lowest BCUT2D eigenvalue weighted by molar-refractivity contribution is 0.597. The van der Waals surface area contributed by atoms with Gasteiger partial charge in [-0.25, -0.2) is 0 Å². The van der Waals surface area contributed by atoms with Crippen LogP contribution in [0.3, 0.4) is 0 Å². The maximum atomic E-state index is 11.4. The molecule has 1 aromatic heterocycles. The van der Waals surface area contributed by atoms with E-state index >= 15 is 0 Å². The number of hydrogen-bond donors (Lipinski definition) is 2. The summed E-state index contributed by atoms with van der Waals surface area (Å²) in [4.78, 5) is 3.45. The second-order valence-corrected chi connectivity index (χ2v) is 8.67. The molecular formula is C25H32BNO. The summed E-state index contributed by atoms with van der Waals surface area (Å²) in [6.45, 7) is 12.7. The van der Waals surface area contributed by atoms with Crippen LogP contribution in [0, 0.1) is 0 Å².